The number of methoxy groups -OCH3 is 1. The van der Waals surface area contributed by atoms with E-state index in [1.54, 1.807) is 13.8 Å². The van der Waals surface area contributed by atoms with Crippen LogP contribution in [0.4, 0.5) is 0 Å². The van der Waals surface area contributed by atoms with Gasteiger partial charge in [0, 0.05) is 16.8 Å². The third-order valence-electron chi connectivity index (χ3n) is 4.21. The van der Waals surface area contributed by atoms with Crippen LogP contribution in [0.25, 0.3) is 0 Å². The van der Waals surface area contributed by atoms with Crippen LogP contribution < -0.4 is 5.32 Å². The molecule has 1 aliphatic heterocycles. The van der Waals surface area contributed by atoms with Gasteiger partial charge in [0.25, 0.3) is 0 Å². The Balaban J connectivity index is 2.72. The maximum absolute atomic E-state index is 12.9. The SMILES string of the molecule is CCOCC1=C(C(=O)OCC)C(c2ccccc2Br)C(C(=O)OC)=C(C)N1. The predicted molar refractivity (Wildman–Crippen MR) is 105 cm³/mol. The summed E-state index contributed by atoms with van der Waals surface area (Å²) in [6.45, 7) is 6.33. The van der Waals surface area contributed by atoms with Crippen molar-refractivity contribution < 1.29 is 23.8 Å². The number of carbonyl (C=O) groups is 2. The van der Waals surface area contributed by atoms with Crippen molar-refractivity contribution in [1.82, 2.24) is 5.32 Å². The van der Waals surface area contributed by atoms with Crippen molar-refractivity contribution in [3.8, 4) is 0 Å². The molecule has 1 aliphatic rings. The Morgan fingerprint density at radius 1 is 1.11 bits per heavy atom. The number of ether oxygens (including phenoxy) is 3. The normalized spacial score (nSPS) is 16.9. The number of allylic oxidation sites excluding steroid dienone is 1. The molecular weight excluding hydrogens is 414 g/mol. The molecule has 1 unspecified atom stereocenters. The summed E-state index contributed by atoms with van der Waals surface area (Å²) in [6.07, 6.45) is 0. The van der Waals surface area contributed by atoms with Gasteiger partial charge in [-0.05, 0) is 32.4 Å². The molecule has 1 aromatic rings. The van der Waals surface area contributed by atoms with Gasteiger partial charge >= 0.3 is 11.9 Å². The smallest absolute Gasteiger partial charge is 0.336 e. The summed E-state index contributed by atoms with van der Waals surface area (Å²) < 4.78 is 16.6. The average molecular weight is 438 g/mol. The Morgan fingerprint density at radius 2 is 1.81 bits per heavy atom. The Morgan fingerprint density at radius 3 is 2.41 bits per heavy atom. The first-order valence-corrected chi connectivity index (χ1v) is 9.53. The third kappa shape index (κ3) is 4.59. The van der Waals surface area contributed by atoms with Gasteiger partial charge in [-0.1, -0.05) is 34.1 Å². The van der Waals surface area contributed by atoms with Crippen molar-refractivity contribution in [3.63, 3.8) is 0 Å². The molecule has 1 heterocycles. The third-order valence-corrected chi connectivity index (χ3v) is 4.93. The molecule has 27 heavy (non-hydrogen) atoms. The number of hydrogen-bond donors (Lipinski definition) is 1. The van der Waals surface area contributed by atoms with Crippen LogP contribution in [-0.4, -0.2) is 38.9 Å². The first-order chi connectivity index (χ1) is 13.0. The lowest BCUT2D eigenvalue weighted by Crippen LogP contribution is -2.34. The summed E-state index contributed by atoms with van der Waals surface area (Å²) >= 11 is 3.54. The lowest BCUT2D eigenvalue weighted by atomic mass is 9.80. The zero-order valence-corrected chi connectivity index (χ0v) is 17.5. The standard InChI is InChI=1S/C20H24BrNO5/c1-5-26-11-15-18(20(24)27-6-2)17(13-9-7-8-10-14(13)21)16(12(3)22-15)19(23)25-4/h7-10,17,22H,5-6,11H2,1-4H3. The molecule has 0 aromatic heterocycles. The molecule has 0 aliphatic carbocycles. The van der Waals surface area contributed by atoms with Gasteiger partial charge in [-0.25, -0.2) is 9.59 Å². The van der Waals surface area contributed by atoms with Crippen LogP contribution in [-0.2, 0) is 23.8 Å². The van der Waals surface area contributed by atoms with Gasteiger partial charge in [0.1, 0.15) is 0 Å². The van der Waals surface area contributed by atoms with E-state index in [0.717, 1.165) is 10.0 Å². The lowest BCUT2D eigenvalue weighted by Gasteiger charge is -2.31. The van der Waals surface area contributed by atoms with Crippen LogP contribution in [0.2, 0.25) is 0 Å². The van der Waals surface area contributed by atoms with Crippen LogP contribution in [0.5, 0.6) is 0 Å². The maximum atomic E-state index is 12.9. The van der Waals surface area contributed by atoms with E-state index in [9.17, 15) is 9.59 Å². The zero-order chi connectivity index (χ0) is 20.0. The van der Waals surface area contributed by atoms with Crippen molar-refractivity contribution in [2.45, 2.75) is 26.7 Å². The fourth-order valence-corrected chi connectivity index (χ4v) is 3.58. The highest BCUT2D eigenvalue weighted by Crippen LogP contribution is 2.41. The van der Waals surface area contributed by atoms with E-state index >= 15 is 0 Å². The fourth-order valence-electron chi connectivity index (χ4n) is 3.07. The van der Waals surface area contributed by atoms with Crippen molar-refractivity contribution >= 4 is 27.9 Å². The van der Waals surface area contributed by atoms with Crippen molar-refractivity contribution in [1.29, 1.82) is 0 Å². The van der Waals surface area contributed by atoms with Gasteiger partial charge in [-0.15, -0.1) is 0 Å². The van der Waals surface area contributed by atoms with Crippen molar-refractivity contribution in [2.75, 3.05) is 26.9 Å². The van der Waals surface area contributed by atoms with Gasteiger partial charge in [0.15, 0.2) is 0 Å². The number of hydrogen-bond acceptors (Lipinski definition) is 6. The molecule has 1 N–H and O–H groups in total. The van der Waals surface area contributed by atoms with Gasteiger partial charge in [0.2, 0.25) is 0 Å². The molecule has 146 valence electrons. The Bertz CT molecular complexity index is 784. The zero-order valence-electron chi connectivity index (χ0n) is 15.9. The Hall–Kier alpha value is -2.12. The molecule has 0 radical (unpaired) electrons. The average Bonchev–Trinajstić information content (AvgIpc) is 2.65. The van der Waals surface area contributed by atoms with E-state index in [-0.39, 0.29) is 13.2 Å². The predicted octanol–water partition coefficient (Wildman–Crippen LogP) is 3.44. The molecule has 0 saturated carbocycles. The van der Waals surface area contributed by atoms with Gasteiger partial charge in [-0.2, -0.15) is 0 Å². The van der Waals surface area contributed by atoms with Crippen LogP contribution in [0.3, 0.4) is 0 Å². The summed E-state index contributed by atoms with van der Waals surface area (Å²) in [5.74, 6) is -1.63. The van der Waals surface area contributed by atoms with Gasteiger partial charge < -0.3 is 19.5 Å². The molecule has 7 heteroatoms. The molecule has 1 atom stereocenters. The minimum absolute atomic E-state index is 0.206. The molecule has 0 fully saturated rings. The topological polar surface area (TPSA) is 73.9 Å². The molecule has 0 spiro atoms. The number of dihydropyridines is 1. The minimum Gasteiger partial charge on any atom is -0.466 e. The Labute approximate surface area is 167 Å². The highest BCUT2D eigenvalue weighted by atomic mass is 79.9. The molecule has 0 bridgehead atoms. The monoisotopic (exact) mass is 437 g/mol. The van der Waals surface area contributed by atoms with Crippen molar-refractivity contribution in [3.05, 3.63) is 56.8 Å². The summed E-state index contributed by atoms with van der Waals surface area (Å²) in [5, 5.41) is 3.14. The number of rotatable bonds is 7. The number of nitrogens with one attached hydrogen (secondary N) is 1. The van der Waals surface area contributed by atoms with E-state index in [2.05, 4.69) is 21.2 Å². The van der Waals surface area contributed by atoms with Crippen LogP contribution in [0.15, 0.2) is 51.3 Å². The van der Waals surface area contributed by atoms with Crippen LogP contribution in [0.1, 0.15) is 32.3 Å². The number of halogens is 1. The molecule has 1 aromatic carbocycles. The Kier molecular flexibility index (Phi) is 7.62. The van der Waals surface area contributed by atoms with Crippen LogP contribution in [0, 0.1) is 0 Å². The van der Waals surface area contributed by atoms with E-state index < -0.39 is 17.9 Å². The van der Waals surface area contributed by atoms with E-state index in [1.807, 2.05) is 31.2 Å². The summed E-state index contributed by atoms with van der Waals surface area (Å²) in [7, 11) is 1.32. The summed E-state index contributed by atoms with van der Waals surface area (Å²) in [5.41, 5.74) is 2.69. The van der Waals surface area contributed by atoms with Gasteiger partial charge in [0.05, 0.1) is 43.1 Å². The lowest BCUT2D eigenvalue weighted by molar-refractivity contribution is -0.139. The summed E-state index contributed by atoms with van der Waals surface area (Å²) in [6, 6.07) is 7.47. The van der Waals surface area contributed by atoms with Crippen LogP contribution >= 0.6 is 15.9 Å². The number of esters is 2. The molecule has 6 nitrogen and oxygen atoms in total. The quantitative estimate of drug-likeness (QED) is 0.658. The first-order valence-electron chi connectivity index (χ1n) is 8.74. The molecule has 0 amide bonds. The van der Waals surface area contributed by atoms with E-state index in [0.29, 0.717) is 29.1 Å². The van der Waals surface area contributed by atoms with Crippen molar-refractivity contribution in [2.24, 2.45) is 0 Å². The van der Waals surface area contributed by atoms with Gasteiger partial charge in [-0.3, -0.25) is 0 Å². The molecule has 2 rings (SSSR count). The number of carbonyl (C=O) groups excluding carboxylic acids is 2. The first kappa shape index (κ1) is 21.2. The second kappa shape index (κ2) is 9.71. The highest BCUT2D eigenvalue weighted by molar-refractivity contribution is 9.10. The molecule has 0 saturated heterocycles. The van der Waals surface area contributed by atoms with E-state index in [1.165, 1.54) is 7.11 Å². The number of benzene rings is 1. The second-order valence-electron chi connectivity index (χ2n) is 5.86. The maximum Gasteiger partial charge on any atom is 0.336 e. The highest BCUT2D eigenvalue weighted by Gasteiger charge is 2.39. The summed E-state index contributed by atoms with van der Waals surface area (Å²) in [4.78, 5) is 25.4. The minimum atomic E-state index is -0.635. The second-order valence-corrected chi connectivity index (χ2v) is 6.71. The van der Waals surface area contributed by atoms with E-state index in [4.69, 9.17) is 14.2 Å². The fraction of sp³-hybridized carbons (Fsp3) is 0.400. The largest absolute Gasteiger partial charge is 0.466 e. The molecular formula is C20H24BrNO5.